The summed E-state index contributed by atoms with van der Waals surface area (Å²) in [6.45, 7) is 5.39. The Balaban J connectivity index is 0. The number of unbranched alkanes of at least 4 members (excludes halogenated alkanes) is 10. The molecule has 1 atom stereocenters. The third kappa shape index (κ3) is 26.4. The molecule has 6 N–H and O–H groups in total. The standard InChI is InChI=1S/C19H40N4O.C2H4O2/c1-3-5-6-7-8-9-10-11-12-13-14-16-18(24)22-17(15-4-2)23-19(20)21;1-2(3)4/h17H,3-16H2,1-2H3,(H,22,24)(H4,20,21,23);1H3,(H,3,4). The molecule has 7 nitrogen and oxygen atoms in total. The van der Waals surface area contributed by atoms with Crippen LogP contribution >= 0.6 is 0 Å². The average Bonchev–Trinajstić information content (AvgIpc) is 2.59. The predicted molar refractivity (Wildman–Crippen MR) is 117 cm³/mol. The number of carbonyl (C=O) groups is 2. The molecular formula is C21H44N4O3. The summed E-state index contributed by atoms with van der Waals surface area (Å²) >= 11 is 0. The summed E-state index contributed by atoms with van der Waals surface area (Å²) in [7, 11) is 0. The van der Waals surface area contributed by atoms with Crippen LogP contribution in [0.25, 0.3) is 0 Å². The first kappa shape index (κ1) is 28.4. The van der Waals surface area contributed by atoms with Crippen molar-refractivity contribution in [3.63, 3.8) is 0 Å². The van der Waals surface area contributed by atoms with Gasteiger partial charge < -0.3 is 21.9 Å². The highest BCUT2D eigenvalue weighted by molar-refractivity contribution is 5.78. The minimum Gasteiger partial charge on any atom is -0.481 e. The molecule has 0 aliphatic rings. The normalized spacial score (nSPS) is 11.1. The van der Waals surface area contributed by atoms with E-state index in [0.29, 0.717) is 6.42 Å². The van der Waals surface area contributed by atoms with Crippen molar-refractivity contribution in [3.8, 4) is 0 Å². The number of aliphatic imine (C=N–C) groups is 1. The van der Waals surface area contributed by atoms with E-state index < -0.39 is 5.97 Å². The lowest BCUT2D eigenvalue weighted by atomic mass is 10.1. The van der Waals surface area contributed by atoms with Gasteiger partial charge in [-0.1, -0.05) is 84.5 Å². The Morgan fingerprint density at radius 3 is 1.68 bits per heavy atom. The van der Waals surface area contributed by atoms with E-state index in [1.54, 1.807) is 0 Å². The topological polar surface area (TPSA) is 131 Å². The number of hydrogen-bond acceptors (Lipinski definition) is 3. The molecule has 0 aromatic heterocycles. The third-order valence-electron chi connectivity index (χ3n) is 4.20. The number of nitrogens with one attached hydrogen (secondary N) is 1. The minimum atomic E-state index is -0.833. The van der Waals surface area contributed by atoms with Crippen LogP contribution in [0.15, 0.2) is 4.99 Å². The molecule has 1 unspecified atom stereocenters. The van der Waals surface area contributed by atoms with Crippen molar-refractivity contribution in [1.29, 1.82) is 0 Å². The number of carboxylic acids is 1. The van der Waals surface area contributed by atoms with Crippen LogP contribution in [0.4, 0.5) is 0 Å². The number of guanidine groups is 1. The summed E-state index contributed by atoms with van der Waals surface area (Å²) in [5, 5.41) is 10.3. The van der Waals surface area contributed by atoms with Gasteiger partial charge in [0.25, 0.3) is 5.97 Å². The molecule has 0 aromatic carbocycles. The number of hydrogen-bond donors (Lipinski definition) is 4. The first-order valence-electron chi connectivity index (χ1n) is 10.9. The van der Waals surface area contributed by atoms with Crippen LogP contribution in [0, 0.1) is 0 Å². The van der Waals surface area contributed by atoms with Crippen LogP contribution in [0.3, 0.4) is 0 Å². The zero-order valence-corrected chi connectivity index (χ0v) is 18.3. The zero-order valence-electron chi connectivity index (χ0n) is 18.3. The van der Waals surface area contributed by atoms with Crippen molar-refractivity contribution in [2.45, 2.75) is 117 Å². The van der Waals surface area contributed by atoms with Crippen molar-refractivity contribution in [3.05, 3.63) is 0 Å². The molecule has 166 valence electrons. The second-order valence-electron chi connectivity index (χ2n) is 7.23. The summed E-state index contributed by atoms with van der Waals surface area (Å²) in [6, 6.07) is 0. The summed E-state index contributed by atoms with van der Waals surface area (Å²) in [4.78, 5) is 25.0. The molecule has 0 bridgehead atoms. The van der Waals surface area contributed by atoms with Gasteiger partial charge in [0.2, 0.25) is 5.91 Å². The summed E-state index contributed by atoms with van der Waals surface area (Å²) in [5.41, 5.74) is 10.8. The number of aliphatic carboxylic acids is 1. The molecule has 0 aliphatic carbocycles. The molecule has 0 aromatic rings. The van der Waals surface area contributed by atoms with Gasteiger partial charge >= 0.3 is 0 Å². The van der Waals surface area contributed by atoms with E-state index in [-0.39, 0.29) is 18.0 Å². The Morgan fingerprint density at radius 1 is 0.857 bits per heavy atom. The van der Waals surface area contributed by atoms with Gasteiger partial charge in [-0.2, -0.15) is 0 Å². The molecule has 0 saturated heterocycles. The van der Waals surface area contributed by atoms with Gasteiger partial charge in [-0.3, -0.25) is 9.59 Å². The quantitative estimate of drug-likeness (QED) is 0.174. The molecule has 7 heteroatoms. The van der Waals surface area contributed by atoms with E-state index >= 15 is 0 Å². The van der Waals surface area contributed by atoms with Crippen molar-refractivity contribution < 1.29 is 14.7 Å². The fraction of sp³-hybridized carbons (Fsp3) is 0.857. The number of carboxylic acid groups (broad SMARTS) is 1. The molecule has 0 fully saturated rings. The molecule has 0 rings (SSSR count). The smallest absolute Gasteiger partial charge is 0.300 e. The lowest BCUT2D eigenvalue weighted by Crippen LogP contribution is -2.36. The Labute approximate surface area is 171 Å². The maximum absolute atomic E-state index is 11.9. The van der Waals surface area contributed by atoms with E-state index in [1.165, 1.54) is 57.8 Å². The van der Waals surface area contributed by atoms with E-state index in [9.17, 15) is 4.79 Å². The van der Waals surface area contributed by atoms with Gasteiger partial charge in [0.05, 0.1) is 0 Å². The first-order valence-corrected chi connectivity index (χ1v) is 10.9. The van der Waals surface area contributed by atoms with Crippen LogP contribution in [0.1, 0.15) is 111 Å². The second-order valence-corrected chi connectivity index (χ2v) is 7.23. The Morgan fingerprint density at radius 2 is 1.29 bits per heavy atom. The second kappa shape index (κ2) is 21.5. The highest BCUT2D eigenvalue weighted by Gasteiger charge is 2.09. The van der Waals surface area contributed by atoms with Gasteiger partial charge in [0.15, 0.2) is 5.96 Å². The fourth-order valence-electron chi connectivity index (χ4n) is 2.83. The van der Waals surface area contributed by atoms with Gasteiger partial charge in [0.1, 0.15) is 6.17 Å². The summed E-state index contributed by atoms with van der Waals surface area (Å²) in [6.07, 6.45) is 16.1. The lowest BCUT2D eigenvalue weighted by Gasteiger charge is -2.14. The molecule has 0 spiro atoms. The number of carbonyl (C=O) groups excluding carboxylic acids is 1. The van der Waals surface area contributed by atoms with Crippen LogP contribution in [0.2, 0.25) is 0 Å². The number of rotatable bonds is 16. The van der Waals surface area contributed by atoms with Gasteiger partial charge in [-0.05, 0) is 12.8 Å². The highest BCUT2D eigenvalue weighted by atomic mass is 16.4. The molecule has 0 radical (unpaired) electrons. The van der Waals surface area contributed by atoms with Crippen LogP contribution in [0.5, 0.6) is 0 Å². The average molecular weight is 401 g/mol. The number of amides is 1. The summed E-state index contributed by atoms with van der Waals surface area (Å²) in [5.74, 6) is -0.752. The van der Waals surface area contributed by atoms with Gasteiger partial charge in [-0.25, -0.2) is 4.99 Å². The van der Waals surface area contributed by atoms with Crippen molar-refractivity contribution >= 4 is 17.8 Å². The van der Waals surface area contributed by atoms with Crippen LogP contribution in [-0.4, -0.2) is 29.1 Å². The molecule has 0 aliphatic heterocycles. The van der Waals surface area contributed by atoms with Gasteiger partial charge in [0, 0.05) is 13.3 Å². The first-order chi connectivity index (χ1) is 13.3. The van der Waals surface area contributed by atoms with Crippen LogP contribution < -0.4 is 16.8 Å². The fourth-order valence-corrected chi connectivity index (χ4v) is 2.83. The third-order valence-corrected chi connectivity index (χ3v) is 4.20. The van der Waals surface area contributed by atoms with Crippen molar-refractivity contribution in [2.24, 2.45) is 16.5 Å². The number of nitrogens with two attached hydrogens (primary N) is 2. The van der Waals surface area contributed by atoms with Crippen molar-refractivity contribution in [1.82, 2.24) is 5.32 Å². The van der Waals surface area contributed by atoms with Crippen molar-refractivity contribution in [2.75, 3.05) is 0 Å². The van der Waals surface area contributed by atoms with E-state index in [1.807, 2.05) is 6.92 Å². The monoisotopic (exact) mass is 400 g/mol. The SMILES string of the molecule is CC(=O)O.CCCCCCCCCCCCCC(=O)NC(CCC)N=C(N)N. The van der Waals surface area contributed by atoms with Gasteiger partial charge in [-0.15, -0.1) is 0 Å². The molecule has 0 saturated carbocycles. The Kier molecular flexibility index (Phi) is 21.8. The molecular weight excluding hydrogens is 356 g/mol. The maximum Gasteiger partial charge on any atom is 0.300 e. The molecule has 1 amide bonds. The Bertz CT molecular complexity index is 406. The highest BCUT2D eigenvalue weighted by Crippen LogP contribution is 2.12. The van der Waals surface area contributed by atoms with E-state index in [4.69, 9.17) is 21.4 Å². The lowest BCUT2D eigenvalue weighted by molar-refractivity contribution is -0.134. The van der Waals surface area contributed by atoms with Crippen LogP contribution in [-0.2, 0) is 9.59 Å². The summed E-state index contributed by atoms with van der Waals surface area (Å²) < 4.78 is 0. The number of nitrogens with zero attached hydrogens (tertiary/aromatic N) is 1. The predicted octanol–water partition coefficient (Wildman–Crippen LogP) is 4.29. The zero-order chi connectivity index (χ0) is 21.6. The molecule has 0 heterocycles. The largest absolute Gasteiger partial charge is 0.481 e. The Hall–Kier alpha value is -1.79. The van der Waals surface area contributed by atoms with E-state index in [0.717, 1.165) is 32.6 Å². The van der Waals surface area contributed by atoms with E-state index in [2.05, 4.69) is 17.2 Å². The minimum absolute atomic E-state index is 0.0310. The maximum atomic E-state index is 11.9. The molecule has 28 heavy (non-hydrogen) atoms.